The van der Waals surface area contributed by atoms with E-state index in [9.17, 15) is 4.79 Å². The van der Waals surface area contributed by atoms with Gasteiger partial charge in [0.2, 0.25) is 6.08 Å². The van der Waals surface area contributed by atoms with E-state index in [0.717, 1.165) is 12.3 Å². The van der Waals surface area contributed by atoms with Gasteiger partial charge in [0.15, 0.2) is 0 Å². The van der Waals surface area contributed by atoms with Gasteiger partial charge in [-0.3, -0.25) is 0 Å². The Balaban J connectivity index is 2.57. The molecule has 0 saturated heterocycles. The largest absolute Gasteiger partial charge is 0.234 e. The second-order valence-electron chi connectivity index (χ2n) is 4.11. The van der Waals surface area contributed by atoms with Gasteiger partial charge < -0.3 is 0 Å². The summed E-state index contributed by atoms with van der Waals surface area (Å²) in [6, 6.07) is 0. The smallest absolute Gasteiger partial charge is 0.211 e. The van der Waals surface area contributed by atoms with Crippen molar-refractivity contribution in [3.05, 3.63) is 0 Å². The van der Waals surface area contributed by atoms with Crippen LogP contribution in [-0.2, 0) is 4.79 Å². The van der Waals surface area contributed by atoms with Crippen LogP contribution in [0.2, 0.25) is 0 Å². The van der Waals surface area contributed by atoms with E-state index in [1.54, 1.807) is 6.08 Å². The molecule has 0 aromatic rings. The number of rotatable bonds is 3. The lowest BCUT2D eigenvalue weighted by molar-refractivity contribution is 0.287. The summed E-state index contributed by atoms with van der Waals surface area (Å²) in [6.07, 6.45) is 6.54. The minimum atomic E-state index is 0.330. The minimum Gasteiger partial charge on any atom is -0.211 e. The number of hydrogen-bond donors (Lipinski definition) is 0. The molecular formula is C10H17NO. The third-order valence-electron chi connectivity index (χ3n) is 3.18. The zero-order chi connectivity index (χ0) is 9.03. The lowest BCUT2D eigenvalue weighted by Crippen LogP contribution is -2.19. The molecule has 1 rings (SSSR count). The van der Waals surface area contributed by atoms with Gasteiger partial charge in [-0.2, -0.15) is 0 Å². The van der Waals surface area contributed by atoms with Crippen LogP contribution in [0.15, 0.2) is 4.99 Å². The summed E-state index contributed by atoms with van der Waals surface area (Å²) in [7, 11) is 0. The number of carbonyl (C=O) groups excluding carboxylic acids is 1. The molecule has 2 atom stereocenters. The summed E-state index contributed by atoms with van der Waals surface area (Å²) in [6.45, 7) is 5.16. The molecule has 0 radical (unpaired) electrons. The van der Waals surface area contributed by atoms with E-state index in [1.807, 2.05) is 0 Å². The third kappa shape index (κ3) is 1.95. The van der Waals surface area contributed by atoms with Gasteiger partial charge in [-0.05, 0) is 30.6 Å². The van der Waals surface area contributed by atoms with Crippen LogP contribution in [0.1, 0.15) is 39.5 Å². The first-order valence-electron chi connectivity index (χ1n) is 4.76. The number of nitrogens with zero attached hydrogens (tertiary/aromatic N) is 1. The van der Waals surface area contributed by atoms with Crippen molar-refractivity contribution in [1.82, 2.24) is 0 Å². The predicted octanol–water partition coefficient (Wildman–Crippen LogP) is 2.54. The van der Waals surface area contributed by atoms with E-state index in [1.165, 1.54) is 19.3 Å². The van der Waals surface area contributed by atoms with E-state index >= 15 is 0 Å². The molecule has 0 bridgehead atoms. The Morgan fingerprint density at radius 2 is 2.42 bits per heavy atom. The molecule has 0 unspecified atom stereocenters. The quantitative estimate of drug-likeness (QED) is 0.469. The molecule has 1 fully saturated rings. The highest BCUT2D eigenvalue weighted by atomic mass is 16.1. The summed E-state index contributed by atoms with van der Waals surface area (Å²) < 4.78 is 0. The minimum absolute atomic E-state index is 0.330. The van der Waals surface area contributed by atoms with Gasteiger partial charge in [-0.1, -0.05) is 20.3 Å². The Bertz CT molecular complexity index is 196. The summed E-state index contributed by atoms with van der Waals surface area (Å²) in [5.74, 6) is 0.812. The molecule has 2 heteroatoms. The van der Waals surface area contributed by atoms with Gasteiger partial charge >= 0.3 is 0 Å². The van der Waals surface area contributed by atoms with Crippen LogP contribution in [0, 0.1) is 11.3 Å². The van der Waals surface area contributed by atoms with Crippen LogP contribution in [0.25, 0.3) is 0 Å². The summed E-state index contributed by atoms with van der Waals surface area (Å²) in [5.41, 5.74) is 0.330. The monoisotopic (exact) mass is 167 g/mol. The lowest BCUT2D eigenvalue weighted by Gasteiger charge is -2.24. The third-order valence-corrected chi connectivity index (χ3v) is 3.18. The van der Waals surface area contributed by atoms with Gasteiger partial charge in [-0.15, -0.1) is 0 Å². The Morgan fingerprint density at radius 1 is 1.67 bits per heavy atom. The molecule has 0 aromatic carbocycles. The molecule has 0 heterocycles. The average Bonchev–Trinajstić information content (AvgIpc) is 2.45. The van der Waals surface area contributed by atoms with E-state index < -0.39 is 0 Å². The predicted molar refractivity (Wildman–Crippen MR) is 48.7 cm³/mol. The Kier molecular flexibility index (Phi) is 3.05. The molecular weight excluding hydrogens is 150 g/mol. The molecule has 1 aliphatic rings. The molecule has 0 spiro atoms. The topological polar surface area (TPSA) is 29.4 Å². The summed E-state index contributed by atoms with van der Waals surface area (Å²) in [5, 5.41) is 0. The van der Waals surface area contributed by atoms with E-state index in [0.29, 0.717) is 12.0 Å². The summed E-state index contributed by atoms with van der Waals surface area (Å²) in [4.78, 5) is 13.7. The molecule has 0 aromatic heterocycles. The number of hydrogen-bond acceptors (Lipinski definition) is 2. The van der Waals surface area contributed by atoms with Crippen molar-refractivity contribution >= 4 is 6.08 Å². The molecule has 0 amide bonds. The normalized spacial score (nSPS) is 34.7. The van der Waals surface area contributed by atoms with Crippen molar-refractivity contribution in [3.8, 4) is 0 Å². The van der Waals surface area contributed by atoms with Gasteiger partial charge in [0, 0.05) is 0 Å². The van der Waals surface area contributed by atoms with Crippen molar-refractivity contribution < 1.29 is 4.79 Å². The van der Waals surface area contributed by atoms with E-state index in [-0.39, 0.29) is 0 Å². The van der Waals surface area contributed by atoms with Gasteiger partial charge in [0.05, 0.1) is 6.54 Å². The SMILES string of the molecule is CC[C@@]1(CN=C=O)CC[C@@H](C)C1. The van der Waals surface area contributed by atoms with Crippen LogP contribution in [0.4, 0.5) is 0 Å². The molecule has 0 N–H and O–H groups in total. The zero-order valence-electron chi connectivity index (χ0n) is 7.97. The lowest BCUT2D eigenvalue weighted by atomic mass is 9.83. The van der Waals surface area contributed by atoms with Crippen molar-refractivity contribution in [2.45, 2.75) is 39.5 Å². The highest BCUT2D eigenvalue weighted by molar-refractivity contribution is 5.33. The van der Waals surface area contributed by atoms with Crippen LogP contribution in [-0.4, -0.2) is 12.6 Å². The Hall–Kier alpha value is -0.620. The molecule has 0 aliphatic heterocycles. The van der Waals surface area contributed by atoms with Gasteiger partial charge in [0.1, 0.15) is 0 Å². The number of aliphatic imine (C=N–C) groups is 1. The first kappa shape index (κ1) is 9.47. The molecule has 1 aliphatic carbocycles. The number of isocyanates is 1. The fourth-order valence-corrected chi connectivity index (χ4v) is 2.27. The zero-order valence-corrected chi connectivity index (χ0v) is 7.97. The van der Waals surface area contributed by atoms with Gasteiger partial charge in [-0.25, -0.2) is 9.79 Å². The Morgan fingerprint density at radius 3 is 2.83 bits per heavy atom. The van der Waals surface area contributed by atoms with Crippen LogP contribution >= 0.6 is 0 Å². The maximum atomic E-state index is 10.0. The van der Waals surface area contributed by atoms with Crippen LogP contribution in [0.5, 0.6) is 0 Å². The first-order chi connectivity index (χ1) is 5.72. The maximum absolute atomic E-state index is 10.0. The second-order valence-corrected chi connectivity index (χ2v) is 4.11. The van der Waals surface area contributed by atoms with E-state index in [4.69, 9.17) is 0 Å². The van der Waals surface area contributed by atoms with Crippen molar-refractivity contribution in [2.75, 3.05) is 6.54 Å². The molecule has 12 heavy (non-hydrogen) atoms. The van der Waals surface area contributed by atoms with Crippen molar-refractivity contribution in [3.63, 3.8) is 0 Å². The van der Waals surface area contributed by atoms with Gasteiger partial charge in [0.25, 0.3) is 0 Å². The Labute approximate surface area is 74.1 Å². The standard InChI is InChI=1S/C10H17NO/c1-3-10(7-11-8-12)5-4-9(2)6-10/h9H,3-7H2,1-2H3/t9-,10-/m1/s1. The van der Waals surface area contributed by atoms with E-state index in [2.05, 4.69) is 18.8 Å². The highest BCUT2D eigenvalue weighted by Gasteiger charge is 2.35. The highest BCUT2D eigenvalue weighted by Crippen LogP contribution is 2.44. The van der Waals surface area contributed by atoms with Crippen molar-refractivity contribution in [2.24, 2.45) is 16.3 Å². The molecule has 1 saturated carbocycles. The van der Waals surface area contributed by atoms with Crippen LogP contribution in [0.3, 0.4) is 0 Å². The molecule has 68 valence electrons. The second kappa shape index (κ2) is 3.86. The summed E-state index contributed by atoms with van der Waals surface area (Å²) >= 11 is 0. The fraction of sp³-hybridized carbons (Fsp3) is 0.900. The maximum Gasteiger partial charge on any atom is 0.234 e. The van der Waals surface area contributed by atoms with Crippen LogP contribution < -0.4 is 0 Å². The first-order valence-corrected chi connectivity index (χ1v) is 4.76. The fourth-order valence-electron chi connectivity index (χ4n) is 2.27. The molecule has 2 nitrogen and oxygen atoms in total. The average molecular weight is 167 g/mol. The van der Waals surface area contributed by atoms with Crippen molar-refractivity contribution in [1.29, 1.82) is 0 Å².